The van der Waals surface area contributed by atoms with Crippen LogP contribution in [-0.4, -0.2) is 5.78 Å². The lowest BCUT2D eigenvalue weighted by molar-refractivity contribution is -0.127. The van der Waals surface area contributed by atoms with Crippen LogP contribution in [0.3, 0.4) is 0 Å². The molecule has 2 saturated carbocycles. The van der Waals surface area contributed by atoms with Crippen LogP contribution in [0.4, 0.5) is 0 Å². The highest BCUT2D eigenvalue weighted by molar-refractivity contribution is 5.91. The van der Waals surface area contributed by atoms with Gasteiger partial charge in [-0.25, -0.2) is 0 Å². The lowest BCUT2D eigenvalue weighted by Gasteiger charge is -2.35. The van der Waals surface area contributed by atoms with E-state index in [0.717, 1.165) is 19.3 Å². The predicted octanol–water partition coefficient (Wildman–Crippen LogP) is 5.79. The van der Waals surface area contributed by atoms with Gasteiger partial charge in [-0.05, 0) is 29.9 Å². The van der Waals surface area contributed by atoms with Gasteiger partial charge in [0.1, 0.15) is 5.78 Å². The van der Waals surface area contributed by atoms with Crippen molar-refractivity contribution in [2.75, 3.05) is 0 Å². The van der Waals surface area contributed by atoms with Crippen molar-refractivity contribution in [3.63, 3.8) is 0 Å². The van der Waals surface area contributed by atoms with Gasteiger partial charge in [-0.1, -0.05) is 91.9 Å². The van der Waals surface area contributed by atoms with E-state index < -0.39 is 0 Å². The van der Waals surface area contributed by atoms with Gasteiger partial charge in [0.15, 0.2) is 0 Å². The number of rotatable bonds is 4. The molecule has 0 saturated heterocycles. The molecule has 2 aromatic carbocycles. The molecule has 0 amide bonds. The average molecular weight is 328 g/mol. The first-order valence-electron chi connectivity index (χ1n) is 9.16. The summed E-state index contributed by atoms with van der Waals surface area (Å²) in [6.45, 7) is 2.17. The van der Waals surface area contributed by atoms with Gasteiger partial charge in [-0.2, -0.15) is 0 Å². The van der Waals surface area contributed by atoms with Gasteiger partial charge in [0.05, 0.1) is 0 Å². The molecule has 0 aromatic heterocycles. The Hall–Kier alpha value is -2.41. The standard InChI is InChI=1S/C24H24O/c1-23-15-14-21(18-22(23)25)24(23,16-12-19-8-4-2-5-9-19)17-13-20-10-6-3-7-11-20/h2-13,16-17,21H,14-15,18H2,1H3. The monoisotopic (exact) mass is 328 g/mol. The van der Waals surface area contributed by atoms with Crippen LogP contribution in [0.5, 0.6) is 0 Å². The summed E-state index contributed by atoms with van der Waals surface area (Å²) in [5.41, 5.74) is 1.94. The zero-order valence-corrected chi connectivity index (χ0v) is 14.7. The second kappa shape index (κ2) is 6.15. The summed E-state index contributed by atoms with van der Waals surface area (Å²) in [7, 11) is 0. The number of Topliss-reactive ketones (excluding diaryl/α,β-unsaturated/α-hetero) is 1. The maximum Gasteiger partial charge on any atom is 0.140 e. The molecule has 2 atom stereocenters. The SMILES string of the molecule is CC12CCC(CC1=O)C2(C=Cc1ccccc1)C=Cc1ccccc1. The summed E-state index contributed by atoms with van der Waals surface area (Å²) in [5, 5.41) is 0. The molecule has 0 heterocycles. The molecule has 2 unspecified atom stereocenters. The number of carbonyl (C=O) groups excluding carboxylic acids is 1. The van der Waals surface area contributed by atoms with Crippen LogP contribution < -0.4 is 0 Å². The highest BCUT2D eigenvalue weighted by atomic mass is 16.1. The summed E-state index contributed by atoms with van der Waals surface area (Å²) in [6, 6.07) is 20.8. The molecule has 0 radical (unpaired) electrons. The van der Waals surface area contributed by atoms with Crippen LogP contribution in [0.15, 0.2) is 72.8 Å². The summed E-state index contributed by atoms with van der Waals surface area (Å²) in [6.07, 6.45) is 11.9. The minimum absolute atomic E-state index is 0.171. The Kier molecular flexibility index (Phi) is 3.95. The maximum atomic E-state index is 12.7. The quantitative estimate of drug-likeness (QED) is 0.694. The lowest BCUT2D eigenvalue weighted by Crippen LogP contribution is -2.34. The van der Waals surface area contributed by atoms with Crippen LogP contribution >= 0.6 is 0 Å². The Labute approximate surface area is 150 Å². The highest BCUT2D eigenvalue weighted by Crippen LogP contribution is 2.65. The number of ketones is 1. The van der Waals surface area contributed by atoms with Gasteiger partial charge in [0.2, 0.25) is 0 Å². The molecule has 0 N–H and O–H groups in total. The summed E-state index contributed by atoms with van der Waals surface area (Å²) in [5.74, 6) is 0.851. The molecule has 0 spiro atoms. The van der Waals surface area contributed by atoms with Crippen molar-refractivity contribution in [3.8, 4) is 0 Å². The molecule has 0 aliphatic heterocycles. The largest absolute Gasteiger partial charge is 0.299 e. The van der Waals surface area contributed by atoms with E-state index in [0.29, 0.717) is 11.7 Å². The lowest BCUT2D eigenvalue weighted by atomic mass is 9.67. The van der Waals surface area contributed by atoms with E-state index in [1.807, 2.05) is 12.1 Å². The molecule has 1 heteroatoms. The Bertz CT molecular complexity index is 766. The molecule has 1 nitrogen and oxygen atoms in total. The predicted molar refractivity (Wildman–Crippen MR) is 104 cm³/mol. The van der Waals surface area contributed by atoms with Crippen molar-refractivity contribution < 1.29 is 4.79 Å². The second-order valence-electron chi connectivity index (χ2n) is 7.62. The van der Waals surface area contributed by atoms with Crippen LogP contribution in [0.25, 0.3) is 12.2 Å². The number of benzene rings is 2. The van der Waals surface area contributed by atoms with Crippen molar-refractivity contribution in [2.45, 2.75) is 26.2 Å². The van der Waals surface area contributed by atoms with Gasteiger partial charge in [-0.15, -0.1) is 0 Å². The van der Waals surface area contributed by atoms with Crippen molar-refractivity contribution in [2.24, 2.45) is 16.7 Å². The Morgan fingerprint density at radius 3 is 1.80 bits per heavy atom. The van der Waals surface area contributed by atoms with E-state index in [-0.39, 0.29) is 10.8 Å². The van der Waals surface area contributed by atoms with Crippen molar-refractivity contribution in [1.82, 2.24) is 0 Å². The van der Waals surface area contributed by atoms with E-state index in [2.05, 4.69) is 79.8 Å². The van der Waals surface area contributed by atoms with Gasteiger partial charge in [0.25, 0.3) is 0 Å². The molecular formula is C24H24O. The van der Waals surface area contributed by atoms with E-state index in [1.165, 1.54) is 11.1 Å². The fourth-order valence-corrected chi connectivity index (χ4v) is 4.76. The minimum Gasteiger partial charge on any atom is -0.299 e. The van der Waals surface area contributed by atoms with E-state index in [4.69, 9.17) is 0 Å². The summed E-state index contributed by atoms with van der Waals surface area (Å²) in [4.78, 5) is 12.7. The van der Waals surface area contributed by atoms with Crippen LogP contribution in [0.2, 0.25) is 0 Å². The molecule has 2 fully saturated rings. The fraction of sp³-hybridized carbons (Fsp3) is 0.292. The zero-order chi connectivity index (χ0) is 17.3. The first-order valence-corrected chi connectivity index (χ1v) is 9.16. The first kappa shape index (κ1) is 16.1. The molecule has 2 aromatic rings. The minimum atomic E-state index is -0.270. The second-order valence-corrected chi connectivity index (χ2v) is 7.62. The number of carbonyl (C=O) groups is 1. The third-order valence-electron chi connectivity index (χ3n) is 6.37. The van der Waals surface area contributed by atoms with Crippen LogP contribution in [0, 0.1) is 16.7 Å². The topological polar surface area (TPSA) is 17.1 Å². The molecule has 25 heavy (non-hydrogen) atoms. The van der Waals surface area contributed by atoms with E-state index in [1.54, 1.807) is 0 Å². The molecule has 2 aliphatic rings. The normalized spacial score (nSPS) is 31.4. The summed E-state index contributed by atoms with van der Waals surface area (Å²) < 4.78 is 0. The highest BCUT2D eigenvalue weighted by Gasteiger charge is 2.63. The van der Waals surface area contributed by atoms with Crippen molar-refractivity contribution in [3.05, 3.63) is 83.9 Å². The number of allylic oxidation sites excluding steroid dienone is 2. The fourth-order valence-electron chi connectivity index (χ4n) is 4.76. The van der Waals surface area contributed by atoms with Gasteiger partial charge < -0.3 is 0 Å². The Morgan fingerprint density at radius 1 is 0.880 bits per heavy atom. The third kappa shape index (κ3) is 2.59. The maximum absolute atomic E-state index is 12.7. The van der Waals surface area contributed by atoms with E-state index in [9.17, 15) is 4.79 Å². The Morgan fingerprint density at radius 2 is 1.40 bits per heavy atom. The first-order chi connectivity index (χ1) is 12.1. The summed E-state index contributed by atoms with van der Waals surface area (Å²) >= 11 is 0. The zero-order valence-electron chi connectivity index (χ0n) is 14.7. The number of hydrogen-bond donors (Lipinski definition) is 0. The van der Waals surface area contributed by atoms with Crippen molar-refractivity contribution >= 4 is 17.9 Å². The molecule has 2 bridgehead atoms. The van der Waals surface area contributed by atoms with Gasteiger partial charge >= 0.3 is 0 Å². The average Bonchev–Trinajstić information content (AvgIpc) is 3.04. The third-order valence-corrected chi connectivity index (χ3v) is 6.37. The van der Waals surface area contributed by atoms with Gasteiger partial charge in [0, 0.05) is 17.3 Å². The van der Waals surface area contributed by atoms with Gasteiger partial charge in [-0.3, -0.25) is 4.79 Å². The number of hydrogen-bond acceptors (Lipinski definition) is 1. The molecular weight excluding hydrogens is 304 g/mol. The molecule has 4 rings (SSSR count). The molecule has 126 valence electrons. The van der Waals surface area contributed by atoms with E-state index >= 15 is 0 Å². The number of fused-ring (bicyclic) bond motifs is 2. The Balaban J connectivity index is 1.76. The van der Waals surface area contributed by atoms with Crippen LogP contribution in [0.1, 0.15) is 37.3 Å². The smallest absolute Gasteiger partial charge is 0.140 e. The van der Waals surface area contributed by atoms with Crippen molar-refractivity contribution in [1.29, 1.82) is 0 Å². The van der Waals surface area contributed by atoms with Crippen LogP contribution in [-0.2, 0) is 4.79 Å². The molecule has 2 aliphatic carbocycles.